The van der Waals surface area contributed by atoms with Crippen molar-refractivity contribution in [1.82, 2.24) is 14.1 Å². The van der Waals surface area contributed by atoms with Gasteiger partial charge in [0.1, 0.15) is 6.29 Å². The summed E-state index contributed by atoms with van der Waals surface area (Å²) in [5.74, 6) is 0. The summed E-state index contributed by atoms with van der Waals surface area (Å²) in [6.45, 7) is 0. The Bertz CT molecular complexity index is 1160. The van der Waals surface area contributed by atoms with Crippen molar-refractivity contribution in [2.24, 2.45) is 0 Å². The van der Waals surface area contributed by atoms with E-state index in [1.807, 2.05) is 37.4 Å². The van der Waals surface area contributed by atoms with Crippen molar-refractivity contribution in [3.05, 3.63) is 83.0 Å². The van der Waals surface area contributed by atoms with Crippen LogP contribution in [0.3, 0.4) is 0 Å². The molecule has 128 valence electrons. The molecule has 0 fully saturated rings. The molecule has 4 aromatic rings. The van der Waals surface area contributed by atoms with E-state index in [1.54, 1.807) is 45.8 Å². The normalized spacial score (nSPS) is 10.8. The van der Waals surface area contributed by atoms with Gasteiger partial charge in [-0.15, -0.1) is 0 Å². The maximum atomic E-state index is 13.3. The lowest BCUT2D eigenvalue weighted by Gasteiger charge is -2.06. The largest absolute Gasteiger partial charge is 0.388 e. The second-order valence-electron chi connectivity index (χ2n) is 5.83. The molecule has 0 aliphatic rings. The highest BCUT2D eigenvalue weighted by Gasteiger charge is 2.16. The molecule has 6 heteroatoms. The maximum absolute atomic E-state index is 13.3. The van der Waals surface area contributed by atoms with Crippen LogP contribution in [0.25, 0.3) is 22.4 Å². The number of carbonyl (C=O) groups excluding carboxylic acids is 1. The molecule has 2 aromatic carbocycles. The molecule has 1 N–H and O–H groups in total. The van der Waals surface area contributed by atoms with Gasteiger partial charge in [-0.05, 0) is 48.5 Å². The highest BCUT2D eigenvalue weighted by atomic mass is 16.1. The summed E-state index contributed by atoms with van der Waals surface area (Å²) in [4.78, 5) is 28.3. The second kappa shape index (κ2) is 6.33. The molecule has 6 nitrogen and oxygen atoms in total. The summed E-state index contributed by atoms with van der Waals surface area (Å²) < 4.78 is 3.26. The van der Waals surface area contributed by atoms with Crippen molar-refractivity contribution < 1.29 is 4.79 Å². The van der Waals surface area contributed by atoms with Crippen molar-refractivity contribution in [2.75, 3.05) is 12.4 Å². The van der Waals surface area contributed by atoms with Gasteiger partial charge in [-0.3, -0.25) is 18.9 Å². The van der Waals surface area contributed by atoms with Crippen molar-refractivity contribution >= 4 is 23.0 Å². The number of hydrogen-bond acceptors (Lipinski definition) is 4. The summed E-state index contributed by atoms with van der Waals surface area (Å²) in [7, 11) is 1.84. The molecule has 2 aromatic heterocycles. The molecular weight excluding hydrogens is 328 g/mol. The van der Waals surface area contributed by atoms with Crippen LogP contribution in [0.2, 0.25) is 0 Å². The van der Waals surface area contributed by atoms with Gasteiger partial charge in [-0.2, -0.15) is 0 Å². The van der Waals surface area contributed by atoms with Gasteiger partial charge in [0.05, 0.1) is 28.6 Å². The predicted molar refractivity (Wildman–Crippen MR) is 102 cm³/mol. The Kier molecular flexibility index (Phi) is 3.85. The van der Waals surface area contributed by atoms with Crippen molar-refractivity contribution in [1.29, 1.82) is 0 Å². The number of imidazole rings is 1. The minimum absolute atomic E-state index is 0.194. The van der Waals surface area contributed by atoms with Gasteiger partial charge in [0.2, 0.25) is 0 Å². The van der Waals surface area contributed by atoms with Crippen molar-refractivity contribution in [2.45, 2.75) is 0 Å². The topological polar surface area (TPSA) is 68.9 Å². The van der Waals surface area contributed by atoms with Gasteiger partial charge in [0.15, 0.2) is 0 Å². The fraction of sp³-hybridized carbons (Fsp3) is 0.0500. The number of hydrogen-bond donors (Lipinski definition) is 1. The van der Waals surface area contributed by atoms with Gasteiger partial charge < -0.3 is 5.32 Å². The van der Waals surface area contributed by atoms with Crippen LogP contribution < -0.4 is 11.0 Å². The number of aromatic nitrogens is 3. The van der Waals surface area contributed by atoms with Crippen LogP contribution in [-0.4, -0.2) is 27.5 Å². The summed E-state index contributed by atoms with van der Waals surface area (Å²) in [6, 6.07) is 16.4. The van der Waals surface area contributed by atoms with Crippen LogP contribution in [0.1, 0.15) is 10.4 Å². The standard InChI is InChI=1S/C20H16N4O2/c1-21-15-3-2-4-17(11-15)24-18-9-10-22-12-19(18)23(20(24)26)16-7-5-14(13-25)6-8-16/h2-13,21H,1H3. The van der Waals surface area contributed by atoms with Crippen LogP contribution in [0, 0.1) is 0 Å². The average Bonchev–Trinajstić information content (AvgIpc) is 3.00. The van der Waals surface area contributed by atoms with Gasteiger partial charge in [-0.25, -0.2) is 4.79 Å². The van der Waals surface area contributed by atoms with Crippen LogP contribution in [0.5, 0.6) is 0 Å². The third-order valence-electron chi connectivity index (χ3n) is 4.32. The first-order chi connectivity index (χ1) is 12.7. The summed E-state index contributed by atoms with van der Waals surface area (Å²) in [6.07, 6.45) is 4.11. The van der Waals surface area contributed by atoms with E-state index in [9.17, 15) is 9.59 Å². The number of nitrogens with zero attached hydrogens (tertiary/aromatic N) is 3. The number of rotatable bonds is 4. The molecular formula is C20H16N4O2. The Balaban J connectivity index is 2.02. The van der Waals surface area contributed by atoms with E-state index < -0.39 is 0 Å². The average molecular weight is 344 g/mol. The zero-order valence-electron chi connectivity index (χ0n) is 14.1. The number of aldehydes is 1. The number of anilines is 1. The molecule has 0 saturated heterocycles. The van der Waals surface area contributed by atoms with Crippen LogP contribution in [0.4, 0.5) is 5.69 Å². The molecule has 26 heavy (non-hydrogen) atoms. The quantitative estimate of drug-likeness (QED) is 0.578. The molecule has 0 radical (unpaired) electrons. The monoisotopic (exact) mass is 344 g/mol. The highest BCUT2D eigenvalue weighted by Crippen LogP contribution is 2.21. The van der Waals surface area contributed by atoms with Crippen molar-refractivity contribution in [3.8, 4) is 11.4 Å². The number of fused-ring (bicyclic) bond motifs is 1. The second-order valence-corrected chi connectivity index (χ2v) is 5.83. The number of pyridine rings is 1. The SMILES string of the molecule is CNc1cccc(-n2c(=O)n(-c3ccc(C=O)cc3)c3cnccc32)c1. The molecule has 0 saturated carbocycles. The van der Waals surface area contributed by atoms with Crippen LogP contribution in [-0.2, 0) is 0 Å². The van der Waals surface area contributed by atoms with E-state index in [0.717, 1.165) is 23.2 Å². The number of carbonyl (C=O) groups is 1. The lowest BCUT2D eigenvalue weighted by atomic mass is 10.2. The van der Waals surface area contributed by atoms with Gasteiger partial charge >= 0.3 is 5.69 Å². The predicted octanol–water partition coefficient (Wildman–Crippen LogP) is 3.03. The van der Waals surface area contributed by atoms with E-state index in [-0.39, 0.29) is 5.69 Å². The number of nitrogens with one attached hydrogen (secondary N) is 1. The Labute approximate surface area is 149 Å². The Hall–Kier alpha value is -3.67. The maximum Gasteiger partial charge on any atom is 0.338 e. The zero-order chi connectivity index (χ0) is 18.1. The first-order valence-corrected chi connectivity index (χ1v) is 8.14. The molecule has 0 spiro atoms. The fourth-order valence-electron chi connectivity index (χ4n) is 3.05. The van der Waals surface area contributed by atoms with Crippen LogP contribution in [0.15, 0.2) is 71.8 Å². The Morgan fingerprint density at radius 2 is 1.73 bits per heavy atom. The molecule has 0 atom stereocenters. The lowest BCUT2D eigenvalue weighted by molar-refractivity contribution is 0.112. The first kappa shape index (κ1) is 15.8. The van der Waals surface area contributed by atoms with E-state index in [2.05, 4.69) is 10.3 Å². The zero-order valence-corrected chi connectivity index (χ0v) is 14.1. The Morgan fingerprint density at radius 3 is 2.46 bits per heavy atom. The van der Waals surface area contributed by atoms with E-state index in [4.69, 9.17) is 0 Å². The fourth-order valence-corrected chi connectivity index (χ4v) is 3.05. The summed E-state index contributed by atoms with van der Waals surface area (Å²) >= 11 is 0. The Morgan fingerprint density at radius 1 is 0.962 bits per heavy atom. The lowest BCUT2D eigenvalue weighted by Crippen LogP contribution is -2.22. The van der Waals surface area contributed by atoms with Gasteiger partial charge in [0, 0.05) is 24.5 Å². The number of benzene rings is 2. The summed E-state index contributed by atoms with van der Waals surface area (Å²) in [5.41, 5.74) is 4.19. The molecule has 0 aliphatic carbocycles. The molecule has 0 aliphatic heterocycles. The molecule has 0 amide bonds. The third kappa shape index (κ3) is 2.48. The highest BCUT2D eigenvalue weighted by molar-refractivity contribution is 5.80. The minimum atomic E-state index is -0.194. The van der Waals surface area contributed by atoms with Gasteiger partial charge in [0.25, 0.3) is 0 Å². The van der Waals surface area contributed by atoms with E-state index in [1.165, 1.54) is 0 Å². The molecule has 0 bridgehead atoms. The van der Waals surface area contributed by atoms with Crippen molar-refractivity contribution in [3.63, 3.8) is 0 Å². The minimum Gasteiger partial charge on any atom is -0.388 e. The summed E-state index contributed by atoms with van der Waals surface area (Å²) in [5, 5.41) is 3.09. The van der Waals surface area contributed by atoms with E-state index >= 15 is 0 Å². The first-order valence-electron chi connectivity index (χ1n) is 8.14. The van der Waals surface area contributed by atoms with E-state index in [0.29, 0.717) is 16.8 Å². The van der Waals surface area contributed by atoms with Gasteiger partial charge in [-0.1, -0.05) is 6.07 Å². The molecule has 4 rings (SSSR count). The van der Waals surface area contributed by atoms with Crippen LogP contribution >= 0.6 is 0 Å². The molecule has 2 heterocycles. The third-order valence-corrected chi connectivity index (χ3v) is 4.32. The smallest absolute Gasteiger partial charge is 0.338 e. The molecule has 0 unspecified atom stereocenters.